The monoisotopic (exact) mass is 283 g/mol. The average Bonchev–Trinajstić information content (AvgIpc) is 2.57. The highest BCUT2D eigenvalue weighted by Gasteiger charge is 2.29. The summed E-state index contributed by atoms with van der Waals surface area (Å²) in [4.78, 5) is 0. The molecule has 0 spiro atoms. The Bertz CT molecular complexity index is 545. The predicted octanol–water partition coefficient (Wildman–Crippen LogP) is 3.24. The van der Waals surface area contributed by atoms with Gasteiger partial charge < -0.3 is 9.67 Å². The number of nitrogens with zero attached hydrogens (tertiary/aromatic N) is 1. The molecule has 1 saturated carbocycles. The van der Waals surface area contributed by atoms with Gasteiger partial charge in [-0.1, -0.05) is 0 Å². The average molecular weight is 284 g/mol. The van der Waals surface area contributed by atoms with Gasteiger partial charge >= 0.3 is 0 Å². The smallest absolute Gasteiger partial charge is 0.138 e. The van der Waals surface area contributed by atoms with E-state index in [-0.39, 0.29) is 11.9 Å². The maximum absolute atomic E-state index is 13.3. The van der Waals surface area contributed by atoms with E-state index in [1.807, 2.05) is 12.3 Å². The van der Waals surface area contributed by atoms with Crippen molar-refractivity contribution in [2.45, 2.75) is 25.0 Å². The lowest BCUT2D eigenvalue weighted by Crippen LogP contribution is -2.30. The summed E-state index contributed by atoms with van der Waals surface area (Å²) < 4.78 is 15.9. The number of hydrogen-bond acceptors (Lipinski definition) is 1. The van der Waals surface area contributed by atoms with Crippen LogP contribution in [-0.4, -0.2) is 15.8 Å². The summed E-state index contributed by atoms with van der Waals surface area (Å²) in [6, 6.07) is 5.60. The summed E-state index contributed by atoms with van der Waals surface area (Å²) in [6.45, 7) is 0. The molecular weight excluding hydrogens is 273 g/mol. The molecule has 2 nitrogen and oxygen atoms in total. The van der Waals surface area contributed by atoms with Crippen molar-refractivity contribution in [3.63, 3.8) is 0 Å². The molecule has 1 N–H and O–H groups in total. The van der Waals surface area contributed by atoms with E-state index in [9.17, 15) is 9.50 Å². The molecule has 1 fully saturated rings. The van der Waals surface area contributed by atoms with Gasteiger partial charge in [0.25, 0.3) is 0 Å². The normalized spacial score (nSPS) is 24.7. The van der Waals surface area contributed by atoms with Gasteiger partial charge in [0.05, 0.1) is 10.6 Å². The Morgan fingerprint density at radius 2 is 2.12 bits per heavy atom. The highest BCUT2D eigenvalue weighted by Crippen LogP contribution is 2.36. The van der Waals surface area contributed by atoms with Crippen LogP contribution in [0.4, 0.5) is 4.39 Å². The zero-order chi connectivity index (χ0) is 11.3. The minimum absolute atomic E-state index is 0.175. The summed E-state index contributed by atoms with van der Waals surface area (Å²) >= 11 is 3.20. The van der Waals surface area contributed by atoms with Gasteiger partial charge in [-0.2, -0.15) is 0 Å². The van der Waals surface area contributed by atoms with Crippen LogP contribution in [0.5, 0.6) is 0 Å². The first-order valence-corrected chi connectivity index (χ1v) is 6.08. The molecule has 0 atom stereocenters. The van der Waals surface area contributed by atoms with Crippen LogP contribution in [0.25, 0.3) is 10.9 Å². The first-order valence-electron chi connectivity index (χ1n) is 5.29. The Kier molecular flexibility index (Phi) is 2.30. The molecule has 0 bridgehead atoms. The number of aliphatic hydroxyl groups excluding tert-OH is 1. The van der Waals surface area contributed by atoms with Crippen LogP contribution in [0, 0.1) is 5.82 Å². The molecule has 1 aliphatic rings. The van der Waals surface area contributed by atoms with Gasteiger partial charge in [0, 0.05) is 23.1 Å². The molecule has 1 aromatic heterocycles. The second kappa shape index (κ2) is 3.57. The number of aliphatic hydroxyl groups is 1. The number of benzene rings is 1. The van der Waals surface area contributed by atoms with Crippen molar-refractivity contribution in [3.05, 3.63) is 34.7 Å². The molecule has 2 aromatic rings. The Morgan fingerprint density at radius 1 is 1.38 bits per heavy atom. The lowest BCUT2D eigenvalue weighted by atomic mass is 9.89. The van der Waals surface area contributed by atoms with Crippen LogP contribution in [-0.2, 0) is 0 Å². The third kappa shape index (κ3) is 1.48. The predicted molar refractivity (Wildman–Crippen MR) is 63.9 cm³/mol. The van der Waals surface area contributed by atoms with E-state index in [1.54, 1.807) is 6.07 Å². The molecule has 0 unspecified atom stereocenters. The highest BCUT2D eigenvalue weighted by molar-refractivity contribution is 9.10. The molecule has 0 radical (unpaired) electrons. The molecule has 84 valence electrons. The molecule has 1 aromatic carbocycles. The molecule has 1 aliphatic carbocycles. The Balaban J connectivity index is 2.09. The Morgan fingerprint density at radius 3 is 2.81 bits per heavy atom. The molecule has 0 aliphatic heterocycles. The van der Waals surface area contributed by atoms with Crippen molar-refractivity contribution in [1.82, 2.24) is 4.57 Å². The van der Waals surface area contributed by atoms with E-state index in [4.69, 9.17) is 0 Å². The molecule has 0 saturated heterocycles. The van der Waals surface area contributed by atoms with E-state index < -0.39 is 0 Å². The minimum Gasteiger partial charge on any atom is -0.393 e. The number of hydrogen-bond donors (Lipinski definition) is 1. The zero-order valence-corrected chi connectivity index (χ0v) is 10.1. The lowest BCUT2D eigenvalue weighted by molar-refractivity contribution is 0.0503. The van der Waals surface area contributed by atoms with Gasteiger partial charge in [-0.25, -0.2) is 4.39 Å². The van der Waals surface area contributed by atoms with Crippen molar-refractivity contribution in [1.29, 1.82) is 0 Å². The number of halogens is 2. The van der Waals surface area contributed by atoms with Gasteiger partial charge in [0.15, 0.2) is 0 Å². The first-order chi connectivity index (χ1) is 7.65. The Labute approximate surface area is 101 Å². The number of aromatic nitrogens is 1. The second-order valence-corrected chi connectivity index (χ2v) is 5.18. The number of fused-ring (bicyclic) bond motifs is 1. The van der Waals surface area contributed by atoms with Crippen LogP contribution >= 0.6 is 15.9 Å². The van der Waals surface area contributed by atoms with Crippen LogP contribution in [0.15, 0.2) is 28.9 Å². The summed E-state index contributed by atoms with van der Waals surface area (Å²) in [6.07, 6.45) is 3.37. The van der Waals surface area contributed by atoms with E-state index in [0.29, 0.717) is 10.5 Å². The summed E-state index contributed by atoms with van der Waals surface area (Å²) in [5, 5.41) is 10.2. The van der Waals surface area contributed by atoms with Crippen molar-refractivity contribution in [2.75, 3.05) is 0 Å². The van der Waals surface area contributed by atoms with E-state index in [2.05, 4.69) is 20.5 Å². The number of rotatable bonds is 1. The zero-order valence-electron chi connectivity index (χ0n) is 8.53. The van der Waals surface area contributed by atoms with Crippen molar-refractivity contribution >= 4 is 26.8 Å². The third-order valence-corrected chi connectivity index (χ3v) is 3.85. The third-order valence-electron chi connectivity index (χ3n) is 3.24. The van der Waals surface area contributed by atoms with Gasteiger partial charge in [-0.15, -0.1) is 0 Å². The van der Waals surface area contributed by atoms with Crippen LogP contribution < -0.4 is 0 Å². The molecule has 16 heavy (non-hydrogen) atoms. The molecule has 0 amide bonds. The molecular formula is C12H11BrFNO. The maximum Gasteiger partial charge on any atom is 0.138 e. The second-order valence-electron chi connectivity index (χ2n) is 4.33. The van der Waals surface area contributed by atoms with Crippen molar-refractivity contribution < 1.29 is 9.50 Å². The SMILES string of the molecule is OC1CC(n2ccc3cc(F)c(Br)cc32)C1. The Hall–Kier alpha value is -0.870. The summed E-state index contributed by atoms with van der Waals surface area (Å²) in [5.41, 5.74) is 1.02. The van der Waals surface area contributed by atoms with Gasteiger partial charge in [-0.05, 0) is 47.0 Å². The minimum atomic E-state index is -0.237. The van der Waals surface area contributed by atoms with Gasteiger partial charge in [0.2, 0.25) is 0 Å². The molecule has 1 heterocycles. The van der Waals surface area contributed by atoms with Gasteiger partial charge in [-0.3, -0.25) is 0 Å². The highest BCUT2D eigenvalue weighted by atomic mass is 79.9. The van der Waals surface area contributed by atoms with Gasteiger partial charge in [0.1, 0.15) is 5.82 Å². The maximum atomic E-state index is 13.3. The van der Waals surface area contributed by atoms with Crippen LogP contribution in [0.1, 0.15) is 18.9 Å². The largest absolute Gasteiger partial charge is 0.393 e. The quantitative estimate of drug-likeness (QED) is 0.854. The van der Waals surface area contributed by atoms with E-state index in [0.717, 1.165) is 23.7 Å². The molecule has 3 rings (SSSR count). The van der Waals surface area contributed by atoms with Crippen molar-refractivity contribution in [2.24, 2.45) is 0 Å². The summed E-state index contributed by atoms with van der Waals surface area (Å²) in [7, 11) is 0. The molecule has 4 heteroatoms. The standard InChI is InChI=1S/C12H11BrFNO/c13-10-6-12-7(3-11(10)14)1-2-15(12)8-4-9(16)5-8/h1-3,6,8-9,16H,4-5H2. The lowest BCUT2D eigenvalue weighted by Gasteiger charge is -2.33. The van der Waals surface area contributed by atoms with Crippen molar-refractivity contribution in [3.8, 4) is 0 Å². The fraction of sp³-hybridized carbons (Fsp3) is 0.333. The fourth-order valence-electron chi connectivity index (χ4n) is 2.25. The topological polar surface area (TPSA) is 25.2 Å². The fourth-order valence-corrected chi connectivity index (χ4v) is 2.59. The van der Waals surface area contributed by atoms with Crippen LogP contribution in [0.3, 0.4) is 0 Å². The van der Waals surface area contributed by atoms with Crippen LogP contribution in [0.2, 0.25) is 0 Å². The first kappa shape index (κ1) is 10.3. The van der Waals surface area contributed by atoms with E-state index in [1.165, 1.54) is 6.07 Å². The van der Waals surface area contributed by atoms with E-state index >= 15 is 0 Å². The summed E-state index contributed by atoms with van der Waals surface area (Å²) in [5.74, 6) is -0.237.